The van der Waals surface area contributed by atoms with Crippen molar-refractivity contribution in [2.24, 2.45) is 0 Å². The fourth-order valence-electron chi connectivity index (χ4n) is 3.24. The van der Waals surface area contributed by atoms with E-state index in [9.17, 15) is 0 Å². The fraction of sp³-hybridized carbons (Fsp3) is 0.647. The maximum absolute atomic E-state index is 3.50. The molecule has 2 unspecified atom stereocenters. The van der Waals surface area contributed by atoms with E-state index >= 15 is 0 Å². The van der Waals surface area contributed by atoms with Crippen LogP contribution in [0.2, 0.25) is 0 Å². The van der Waals surface area contributed by atoms with Gasteiger partial charge >= 0.3 is 0 Å². The van der Waals surface area contributed by atoms with E-state index in [1.807, 2.05) is 0 Å². The molecule has 1 saturated heterocycles. The molecule has 0 amide bonds. The molecule has 3 heteroatoms. The van der Waals surface area contributed by atoms with E-state index in [-0.39, 0.29) is 0 Å². The normalized spacial score (nSPS) is 22.9. The number of aryl methyl sites for hydroxylation is 2. The van der Waals surface area contributed by atoms with Crippen LogP contribution >= 0.6 is 0 Å². The second kappa shape index (κ2) is 6.70. The first-order valence-electron chi connectivity index (χ1n) is 7.68. The average molecular weight is 275 g/mol. The fourth-order valence-corrected chi connectivity index (χ4v) is 3.24. The van der Waals surface area contributed by atoms with Gasteiger partial charge < -0.3 is 10.2 Å². The van der Waals surface area contributed by atoms with Crippen molar-refractivity contribution < 1.29 is 0 Å². The first-order chi connectivity index (χ1) is 9.51. The Morgan fingerprint density at radius 3 is 2.65 bits per heavy atom. The topological polar surface area (TPSA) is 18.5 Å². The quantitative estimate of drug-likeness (QED) is 0.909. The summed E-state index contributed by atoms with van der Waals surface area (Å²) in [5.41, 5.74) is 4.17. The van der Waals surface area contributed by atoms with E-state index in [1.165, 1.54) is 36.3 Å². The highest BCUT2D eigenvalue weighted by atomic mass is 15.3. The molecule has 3 nitrogen and oxygen atoms in total. The third-order valence-corrected chi connectivity index (χ3v) is 4.53. The van der Waals surface area contributed by atoms with E-state index in [0.29, 0.717) is 12.1 Å². The molecule has 1 aromatic rings. The average Bonchev–Trinajstić information content (AvgIpc) is 2.39. The Balaban J connectivity index is 2.09. The summed E-state index contributed by atoms with van der Waals surface area (Å²) in [4.78, 5) is 5.03. The van der Waals surface area contributed by atoms with Crippen molar-refractivity contribution >= 4 is 0 Å². The van der Waals surface area contributed by atoms with Gasteiger partial charge in [-0.25, -0.2) is 0 Å². The van der Waals surface area contributed by atoms with Gasteiger partial charge in [0.1, 0.15) is 0 Å². The number of rotatable bonds is 4. The summed E-state index contributed by atoms with van der Waals surface area (Å²) < 4.78 is 0. The Labute approximate surface area is 124 Å². The summed E-state index contributed by atoms with van der Waals surface area (Å²) in [5.74, 6) is 0. The zero-order chi connectivity index (χ0) is 14.7. The van der Waals surface area contributed by atoms with Crippen molar-refractivity contribution in [1.29, 1.82) is 0 Å². The molecule has 1 aliphatic rings. The Kier molecular flexibility index (Phi) is 5.19. The molecule has 1 aromatic carbocycles. The highest BCUT2D eigenvalue weighted by Crippen LogP contribution is 2.21. The van der Waals surface area contributed by atoms with Crippen LogP contribution in [0, 0.1) is 13.8 Å². The van der Waals surface area contributed by atoms with Crippen molar-refractivity contribution in [3.8, 4) is 0 Å². The molecule has 0 aliphatic carbocycles. The molecule has 20 heavy (non-hydrogen) atoms. The van der Waals surface area contributed by atoms with Gasteiger partial charge in [-0.3, -0.25) is 4.90 Å². The summed E-state index contributed by atoms with van der Waals surface area (Å²) in [6.07, 6.45) is 0. The minimum atomic E-state index is 0.418. The summed E-state index contributed by atoms with van der Waals surface area (Å²) in [5, 5.41) is 3.50. The van der Waals surface area contributed by atoms with Gasteiger partial charge in [-0.1, -0.05) is 23.8 Å². The molecule has 1 N–H and O–H groups in total. The van der Waals surface area contributed by atoms with E-state index in [2.05, 4.69) is 68.2 Å². The standard InChI is InChI=1S/C17H29N3/c1-13-6-7-16(14(2)10-13)17(18-4)12-20-9-8-19(5)11-15(20)3/h6-7,10,15,17-18H,8-9,11-12H2,1-5H3. The van der Waals surface area contributed by atoms with Crippen LogP contribution in [0.15, 0.2) is 18.2 Å². The maximum atomic E-state index is 3.50. The van der Waals surface area contributed by atoms with Crippen LogP contribution in [0.25, 0.3) is 0 Å². The lowest BCUT2D eigenvalue weighted by Gasteiger charge is -2.40. The number of hydrogen-bond acceptors (Lipinski definition) is 3. The lowest BCUT2D eigenvalue weighted by atomic mass is 9.98. The largest absolute Gasteiger partial charge is 0.312 e. The number of nitrogens with zero attached hydrogens (tertiary/aromatic N) is 2. The third-order valence-electron chi connectivity index (χ3n) is 4.53. The molecule has 1 fully saturated rings. The SMILES string of the molecule is CNC(CN1CCN(C)CC1C)c1ccc(C)cc1C. The molecule has 0 aromatic heterocycles. The molecule has 0 radical (unpaired) electrons. The molecule has 0 saturated carbocycles. The molecule has 1 aliphatic heterocycles. The monoisotopic (exact) mass is 275 g/mol. The second-order valence-corrected chi connectivity index (χ2v) is 6.31. The summed E-state index contributed by atoms with van der Waals surface area (Å²) in [6.45, 7) is 11.3. The summed E-state index contributed by atoms with van der Waals surface area (Å²) >= 11 is 0. The van der Waals surface area contributed by atoms with Crippen LogP contribution in [0.3, 0.4) is 0 Å². The van der Waals surface area contributed by atoms with Crippen LogP contribution in [-0.4, -0.2) is 56.1 Å². The van der Waals surface area contributed by atoms with Crippen LogP contribution < -0.4 is 5.32 Å². The summed E-state index contributed by atoms with van der Waals surface area (Å²) in [6, 6.07) is 7.84. The van der Waals surface area contributed by atoms with Crippen LogP contribution in [0.4, 0.5) is 0 Å². The number of benzene rings is 1. The minimum absolute atomic E-state index is 0.418. The zero-order valence-corrected chi connectivity index (χ0v) is 13.6. The van der Waals surface area contributed by atoms with Gasteiger partial charge in [-0.2, -0.15) is 0 Å². The van der Waals surface area contributed by atoms with Gasteiger partial charge in [-0.05, 0) is 46.0 Å². The Hall–Kier alpha value is -0.900. The lowest BCUT2D eigenvalue weighted by molar-refractivity contribution is 0.0912. The van der Waals surface area contributed by atoms with Crippen LogP contribution in [0.5, 0.6) is 0 Å². The van der Waals surface area contributed by atoms with Crippen molar-refractivity contribution in [3.63, 3.8) is 0 Å². The Bertz CT molecular complexity index is 444. The van der Waals surface area contributed by atoms with Gasteiger partial charge in [0.05, 0.1) is 0 Å². The molecule has 2 atom stereocenters. The maximum Gasteiger partial charge on any atom is 0.0449 e. The molecule has 1 heterocycles. The number of nitrogens with one attached hydrogen (secondary N) is 1. The van der Waals surface area contributed by atoms with Crippen LogP contribution in [-0.2, 0) is 0 Å². The van der Waals surface area contributed by atoms with Gasteiger partial charge in [0.2, 0.25) is 0 Å². The van der Waals surface area contributed by atoms with Crippen molar-refractivity contribution in [3.05, 3.63) is 34.9 Å². The third kappa shape index (κ3) is 3.60. The predicted octanol–water partition coefficient (Wildman–Crippen LogP) is 2.20. The lowest BCUT2D eigenvalue weighted by Crippen LogP contribution is -2.52. The zero-order valence-electron chi connectivity index (χ0n) is 13.6. The number of likely N-dealkylation sites (N-methyl/N-ethyl adjacent to an activating group) is 2. The smallest absolute Gasteiger partial charge is 0.0449 e. The van der Waals surface area contributed by atoms with Gasteiger partial charge in [0.25, 0.3) is 0 Å². The first-order valence-corrected chi connectivity index (χ1v) is 7.68. The van der Waals surface area contributed by atoms with Crippen molar-refractivity contribution in [1.82, 2.24) is 15.1 Å². The van der Waals surface area contributed by atoms with E-state index in [0.717, 1.165) is 6.54 Å². The highest BCUT2D eigenvalue weighted by Gasteiger charge is 2.24. The Morgan fingerprint density at radius 1 is 1.30 bits per heavy atom. The van der Waals surface area contributed by atoms with E-state index < -0.39 is 0 Å². The molecule has 0 spiro atoms. The molecule has 112 valence electrons. The van der Waals surface area contributed by atoms with Gasteiger partial charge in [0.15, 0.2) is 0 Å². The van der Waals surface area contributed by atoms with Crippen LogP contribution in [0.1, 0.15) is 29.7 Å². The van der Waals surface area contributed by atoms with Gasteiger partial charge in [0, 0.05) is 38.3 Å². The number of piperazine rings is 1. The molecular formula is C17H29N3. The van der Waals surface area contributed by atoms with E-state index in [1.54, 1.807) is 0 Å². The minimum Gasteiger partial charge on any atom is -0.312 e. The molecule has 0 bridgehead atoms. The second-order valence-electron chi connectivity index (χ2n) is 6.31. The Morgan fingerprint density at radius 2 is 2.05 bits per heavy atom. The first kappa shape index (κ1) is 15.5. The van der Waals surface area contributed by atoms with Gasteiger partial charge in [-0.15, -0.1) is 0 Å². The van der Waals surface area contributed by atoms with Crippen molar-refractivity contribution in [2.75, 3.05) is 40.3 Å². The summed E-state index contributed by atoms with van der Waals surface area (Å²) in [7, 11) is 4.29. The molecular weight excluding hydrogens is 246 g/mol. The number of hydrogen-bond donors (Lipinski definition) is 1. The highest BCUT2D eigenvalue weighted by molar-refractivity contribution is 5.33. The predicted molar refractivity (Wildman–Crippen MR) is 86.2 cm³/mol. The van der Waals surface area contributed by atoms with E-state index in [4.69, 9.17) is 0 Å². The van der Waals surface area contributed by atoms with Crippen molar-refractivity contribution in [2.45, 2.75) is 32.9 Å². The molecule has 2 rings (SSSR count).